The van der Waals surface area contributed by atoms with Gasteiger partial charge in [-0.3, -0.25) is 4.90 Å². The summed E-state index contributed by atoms with van der Waals surface area (Å²) in [6.45, 7) is 5.57. The maximum Gasteiger partial charge on any atom is 0.124 e. The van der Waals surface area contributed by atoms with E-state index in [4.69, 9.17) is 11.4 Å². The Labute approximate surface area is 137 Å². The summed E-state index contributed by atoms with van der Waals surface area (Å²) in [5.41, 5.74) is 2.04. The van der Waals surface area contributed by atoms with Gasteiger partial charge in [0.25, 0.3) is 0 Å². The molecular formula is C18H24N4O. The minimum atomic E-state index is -0.538. The Kier molecular flexibility index (Phi) is 4.97. The molecule has 1 aromatic carbocycles. The van der Waals surface area contributed by atoms with Crippen molar-refractivity contribution in [2.24, 2.45) is 0 Å². The number of aliphatic hydroxyl groups is 1. The van der Waals surface area contributed by atoms with Crippen LogP contribution in [0.3, 0.4) is 0 Å². The van der Waals surface area contributed by atoms with E-state index in [-0.39, 0.29) is 0 Å². The van der Waals surface area contributed by atoms with E-state index in [1.54, 1.807) is 0 Å². The standard InChI is InChI=1S/C18H24N4O/c1-3-6-15(23)13-22-17-8-5-4-7-16(17)19-18(22)14-21-11-9-20(2)10-12-21/h1,4-5,7-8,15,23H,6,9-14H2,2H3. The predicted molar refractivity (Wildman–Crippen MR) is 92.0 cm³/mol. The molecule has 5 heteroatoms. The quantitative estimate of drug-likeness (QED) is 0.842. The number of benzene rings is 1. The van der Waals surface area contributed by atoms with Crippen molar-refractivity contribution in [2.75, 3.05) is 33.2 Å². The molecule has 0 radical (unpaired) electrons. The average molecular weight is 312 g/mol. The zero-order valence-corrected chi connectivity index (χ0v) is 13.6. The molecule has 1 unspecified atom stereocenters. The molecule has 1 aliphatic rings. The number of nitrogens with zero attached hydrogens (tertiary/aromatic N) is 4. The van der Waals surface area contributed by atoms with Gasteiger partial charge in [-0.25, -0.2) is 4.98 Å². The third-order valence-electron chi connectivity index (χ3n) is 4.44. The highest BCUT2D eigenvalue weighted by molar-refractivity contribution is 5.75. The smallest absolute Gasteiger partial charge is 0.124 e. The summed E-state index contributed by atoms with van der Waals surface area (Å²) in [7, 11) is 2.16. The molecule has 122 valence electrons. The molecule has 1 atom stereocenters. The van der Waals surface area contributed by atoms with E-state index >= 15 is 0 Å². The Hall–Kier alpha value is -1.87. The van der Waals surface area contributed by atoms with Gasteiger partial charge >= 0.3 is 0 Å². The molecule has 1 N–H and O–H groups in total. The van der Waals surface area contributed by atoms with Crippen molar-refractivity contribution in [3.05, 3.63) is 30.1 Å². The first kappa shape index (κ1) is 16.0. The molecule has 1 fully saturated rings. The molecule has 2 heterocycles. The van der Waals surface area contributed by atoms with Crippen LogP contribution < -0.4 is 0 Å². The number of imidazole rings is 1. The van der Waals surface area contributed by atoms with E-state index in [0.29, 0.717) is 13.0 Å². The molecule has 1 aliphatic heterocycles. The fraction of sp³-hybridized carbons (Fsp3) is 0.500. The van der Waals surface area contributed by atoms with Crippen LogP contribution in [-0.2, 0) is 13.1 Å². The Bertz CT molecular complexity index is 695. The first-order valence-corrected chi connectivity index (χ1v) is 8.14. The second-order valence-corrected chi connectivity index (χ2v) is 6.27. The number of hydrogen-bond acceptors (Lipinski definition) is 4. The van der Waals surface area contributed by atoms with Gasteiger partial charge < -0.3 is 14.6 Å². The molecule has 0 spiro atoms. The highest BCUT2D eigenvalue weighted by Gasteiger charge is 2.19. The first-order chi connectivity index (χ1) is 11.2. The molecule has 0 amide bonds. The van der Waals surface area contributed by atoms with Crippen LogP contribution in [0, 0.1) is 12.3 Å². The number of para-hydroxylation sites is 2. The summed E-state index contributed by atoms with van der Waals surface area (Å²) >= 11 is 0. The molecule has 3 rings (SSSR count). The SMILES string of the molecule is C#CCC(O)Cn1c(CN2CCN(C)CC2)nc2ccccc21. The minimum absolute atomic E-state index is 0.362. The van der Waals surface area contributed by atoms with Gasteiger partial charge in [-0.2, -0.15) is 0 Å². The first-order valence-electron chi connectivity index (χ1n) is 8.14. The average Bonchev–Trinajstić information content (AvgIpc) is 2.88. The second-order valence-electron chi connectivity index (χ2n) is 6.27. The fourth-order valence-corrected chi connectivity index (χ4v) is 3.07. The van der Waals surface area contributed by atoms with Gasteiger partial charge in [-0.15, -0.1) is 12.3 Å². The van der Waals surface area contributed by atoms with Crippen molar-refractivity contribution >= 4 is 11.0 Å². The van der Waals surface area contributed by atoms with Crippen molar-refractivity contribution in [3.63, 3.8) is 0 Å². The molecule has 5 nitrogen and oxygen atoms in total. The Morgan fingerprint density at radius 2 is 2.00 bits per heavy atom. The highest BCUT2D eigenvalue weighted by atomic mass is 16.3. The summed E-state index contributed by atoms with van der Waals surface area (Å²) in [4.78, 5) is 9.55. The van der Waals surface area contributed by atoms with Crippen molar-refractivity contribution in [1.29, 1.82) is 0 Å². The third kappa shape index (κ3) is 3.73. The number of likely N-dealkylation sites (N-methyl/N-ethyl adjacent to an activating group) is 1. The molecule has 1 saturated heterocycles. The number of rotatable bonds is 5. The van der Waals surface area contributed by atoms with E-state index in [1.165, 1.54) is 0 Å². The van der Waals surface area contributed by atoms with E-state index in [1.807, 2.05) is 18.2 Å². The monoisotopic (exact) mass is 312 g/mol. The third-order valence-corrected chi connectivity index (χ3v) is 4.44. The van der Waals surface area contributed by atoms with E-state index in [0.717, 1.165) is 49.6 Å². The van der Waals surface area contributed by atoms with Gasteiger partial charge in [0.2, 0.25) is 0 Å². The van der Waals surface area contributed by atoms with Crippen molar-refractivity contribution < 1.29 is 5.11 Å². The van der Waals surface area contributed by atoms with E-state index in [2.05, 4.69) is 33.4 Å². The lowest BCUT2D eigenvalue weighted by Crippen LogP contribution is -2.44. The van der Waals surface area contributed by atoms with Gasteiger partial charge in [-0.05, 0) is 19.2 Å². The van der Waals surface area contributed by atoms with Gasteiger partial charge in [-0.1, -0.05) is 12.1 Å². The van der Waals surface area contributed by atoms with Crippen molar-refractivity contribution in [2.45, 2.75) is 25.6 Å². The largest absolute Gasteiger partial charge is 0.390 e. The summed E-state index contributed by atoms with van der Waals surface area (Å²) in [5.74, 6) is 3.54. The number of terminal acetylenes is 1. The zero-order valence-electron chi connectivity index (χ0n) is 13.6. The summed E-state index contributed by atoms with van der Waals surface area (Å²) in [6, 6.07) is 8.08. The number of aliphatic hydroxyl groups excluding tert-OH is 1. The van der Waals surface area contributed by atoms with Crippen molar-refractivity contribution in [3.8, 4) is 12.3 Å². The predicted octanol–water partition coefficient (Wildman–Crippen LogP) is 1.17. The fourth-order valence-electron chi connectivity index (χ4n) is 3.07. The van der Waals surface area contributed by atoms with Crippen LogP contribution in [0.25, 0.3) is 11.0 Å². The van der Waals surface area contributed by atoms with Crippen LogP contribution in [0.15, 0.2) is 24.3 Å². The Balaban J connectivity index is 1.84. The molecule has 1 aromatic heterocycles. The van der Waals surface area contributed by atoms with Crippen LogP contribution in [0.1, 0.15) is 12.2 Å². The summed E-state index contributed by atoms with van der Waals surface area (Å²) < 4.78 is 2.12. The molecule has 23 heavy (non-hydrogen) atoms. The van der Waals surface area contributed by atoms with Crippen LogP contribution in [-0.4, -0.2) is 63.8 Å². The lowest BCUT2D eigenvalue weighted by Gasteiger charge is -2.32. The molecule has 0 bridgehead atoms. The normalized spacial score (nSPS) is 18.1. The van der Waals surface area contributed by atoms with Gasteiger partial charge in [0.05, 0.1) is 30.2 Å². The number of fused-ring (bicyclic) bond motifs is 1. The Morgan fingerprint density at radius 3 is 2.74 bits per heavy atom. The van der Waals surface area contributed by atoms with Gasteiger partial charge in [0, 0.05) is 32.6 Å². The zero-order chi connectivity index (χ0) is 16.2. The Morgan fingerprint density at radius 1 is 1.26 bits per heavy atom. The van der Waals surface area contributed by atoms with E-state index in [9.17, 15) is 5.11 Å². The van der Waals surface area contributed by atoms with Crippen molar-refractivity contribution in [1.82, 2.24) is 19.4 Å². The number of piperazine rings is 1. The van der Waals surface area contributed by atoms with Crippen LogP contribution in [0.5, 0.6) is 0 Å². The minimum Gasteiger partial charge on any atom is -0.390 e. The lowest BCUT2D eigenvalue weighted by atomic mass is 10.2. The summed E-state index contributed by atoms with van der Waals surface area (Å²) in [5, 5.41) is 10.1. The number of aromatic nitrogens is 2. The van der Waals surface area contributed by atoms with Gasteiger partial charge in [0.15, 0.2) is 0 Å². The van der Waals surface area contributed by atoms with E-state index < -0.39 is 6.10 Å². The van der Waals surface area contributed by atoms with Crippen LogP contribution >= 0.6 is 0 Å². The number of hydrogen-bond donors (Lipinski definition) is 1. The second kappa shape index (κ2) is 7.14. The molecule has 0 aliphatic carbocycles. The lowest BCUT2D eigenvalue weighted by molar-refractivity contribution is 0.137. The highest BCUT2D eigenvalue weighted by Crippen LogP contribution is 2.19. The molecular weight excluding hydrogens is 288 g/mol. The molecule has 2 aromatic rings. The maximum absolute atomic E-state index is 10.1. The van der Waals surface area contributed by atoms with Crippen LogP contribution in [0.2, 0.25) is 0 Å². The summed E-state index contributed by atoms with van der Waals surface area (Å²) in [6.07, 6.45) is 5.15. The topological polar surface area (TPSA) is 44.5 Å². The van der Waals surface area contributed by atoms with Crippen LogP contribution in [0.4, 0.5) is 0 Å². The maximum atomic E-state index is 10.1. The van der Waals surface area contributed by atoms with Gasteiger partial charge in [0.1, 0.15) is 5.82 Å². The molecule has 0 saturated carbocycles.